The molecule has 0 radical (unpaired) electrons. The molecule has 1 aromatic carbocycles. The van der Waals surface area contributed by atoms with Crippen LogP contribution in [-0.4, -0.2) is 9.97 Å². The van der Waals surface area contributed by atoms with E-state index in [2.05, 4.69) is 14.5 Å². The molecule has 0 spiro atoms. The molecule has 0 bridgehead atoms. The number of hydrogen-bond acceptors (Lipinski definition) is 3. The Morgan fingerprint density at radius 1 is 1.12 bits per heavy atom. The molecule has 0 saturated heterocycles. The molecule has 24 heavy (non-hydrogen) atoms. The van der Waals surface area contributed by atoms with Crippen molar-refractivity contribution in [1.29, 1.82) is 0 Å². The smallest absolute Gasteiger partial charge is 0.260 e. The molecular formula is C19H16N3OS+. The zero-order valence-corrected chi connectivity index (χ0v) is 14.0. The van der Waals surface area contributed by atoms with Crippen molar-refractivity contribution in [3.8, 4) is 11.1 Å². The van der Waals surface area contributed by atoms with Crippen LogP contribution in [0.25, 0.3) is 21.3 Å². The minimum atomic E-state index is -0.0794. The van der Waals surface area contributed by atoms with E-state index < -0.39 is 0 Å². The van der Waals surface area contributed by atoms with Crippen LogP contribution in [0.4, 0.5) is 0 Å². The van der Waals surface area contributed by atoms with Gasteiger partial charge in [-0.3, -0.25) is 4.79 Å². The first kappa shape index (κ1) is 14.8. The van der Waals surface area contributed by atoms with E-state index in [4.69, 9.17) is 0 Å². The third-order valence-electron chi connectivity index (χ3n) is 4.07. The highest BCUT2D eigenvalue weighted by Crippen LogP contribution is 2.30. The van der Waals surface area contributed by atoms with Crippen molar-refractivity contribution >= 4 is 21.6 Å². The fourth-order valence-electron chi connectivity index (χ4n) is 2.80. The summed E-state index contributed by atoms with van der Waals surface area (Å²) in [7, 11) is 0. The number of H-pyrrole nitrogens is 1. The zero-order chi connectivity index (χ0) is 16.5. The molecule has 3 aromatic heterocycles. The van der Waals surface area contributed by atoms with Crippen LogP contribution in [0.3, 0.4) is 0 Å². The Hall–Kier alpha value is -2.79. The lowest BCUT2D eigenvalue weighted by Gasteiger charge is -2.02. The van der Waals surface area contributed by atoms with Gasteiger partial charge in [0.2, 0.25) is 6.54 Å². The number of aromatic amines is 1. The van der Waals surface area contributed by atoms with Crippen molar-refractivity contribution in [3.63, 3.8) is 0 Å². The lowest BCUT2D eigenvalue weighted by molar-refractivity contribution is -0.695. The third kappa shape index (κ3) is 2.63. The van der Waals surface area contributed by atoms with Crippen molar-refractivity contribution < 1.29 is 4.57 Å². The molecule has 118 valence electrons. The van der Waals surface area contributed by atoms with Crippen molar-refractivity contribution in [1.82, 2.24) is 9.97 Å². The number of fused-ring (bicyclic) bond motifs is 1. The molecule has 0 fully saturated rings. The van der Waals surface area contributed by atoms with E-state index in [0.717, 1.165) is 21.7 Å². The number of pyridine rings is 1. The second-order valence-corrected chi connectivity index (χ2v) is 6.54. The first-order valence-electron chi connectivity index (χ1n) is 7.73. The summed E-state index contributed by atoms with van der Waals surface area (Å²) in [5.74, 6) is 0.674. The van der Waals surface area contributed by atoms with Crippen molar-refractivity contribution in [2.24, 2.45) is 0 Å². The van der Waals surface area contributed by atoms with Crippen LogP contribution in [0.5, 0.6) is 0 Å². The average Bonchev–Trinajstić information content (AvgIpc) is 3.02. The molecule has 0 aliphatic rings. The number of aromatic nitrogens is 3. The number of nitrogens with zero attached hydrogens (tertiary/aromatic N) is 2. The molecule has 0 saturated carbocycles. The van der Waals surface area contributed by atoms with E-state index in [1.165, 1.54) is 11.3 Å². The second kappa shape index (κ2) is 6.02. The molecule has 0 aliphatic heterocycles. The quantitative estimate of drug-likeness (QED) is 0.585. The van der Waals surface area contributed by atoms with E-state index in [9.17, 15) is 4.79 Å². The maximum absolute atomic E-state index is 12.6. The van der Waals surface area contributed by atoms with Crippen LogP contribution in [-0.2, 0) is 6.54 Å². The zero-order valence-electron chi connectivity index (χ0n) is 13.2. The number of aryl methyl sites for hydroxylation is 1. The maximum Gasteiger partial charge on any atom is 0.260 e. The molecule has 0 aliphatic carbocycles. The lowest BCUT2D eigenvalue weighted by atomic mass is 10.1. The van der Waals surface area contributed by atoms with Gasteiger partial charge in [-0.05, 0) is 5.56 Å². The van der Waals surface area contributed by atoms with Gasteiger partial charge in [0, 0.05) is 30.0 Å². The van der Waals surface area contributed by atoms with Gasteiger partial charge in [0.1, 0.15) is 4.83 Å². The lowest BCUT2D eigenvalue weighted by Crippen LogP contribution is -2.38. The van der Waals surface area contributed by atoms with E-state index in [-0.39, 0.29) is 5.56 Å². The van der Waals surface area contributed by atoms with Gasteiger partial charge in [-0.25, -0.2) is 4.98 Å². The van der Waals surface area contributed by atoms with Crippen LogP contribution < -0.4 is 10.1 Å². The molecule has 0 unspecified atom stereocenters. The summed E-state index contributed by atoms with van der Waals surface area (Å²) < 4.78 is 2.07. The SMILES string of the molecule is Cc1cccc[n+]1Cc1nc2scc(-c3ccccc3)c2c(=O)[nH]1. The Labute approximate surface area is 143 Å². The highest BCUT2D eigenvalue weighted by Gasteiger charge is 2.15. The highest BCUT2D eigenvalue weighted by atomic mass is 32.1. The molecule has 0 atom stereocenters. The van der Waals surface area contributed by atoms with Gasteiger partial charge in [0.15, 0.2) is 17.7 Å². The molecule has 0 amide bonds. The summed E-state index contributed by atoms with van der Waals surface area (Å²) in [5.41, 5.74) is 3.03. The fourth-order valence-corrected chi connectivity index (χ4v) is 3.77. The Balaban J connectivity index is 1.80. The number of benzene rings is 1. The van der Waals surface area contributed by atoms with Gasteiger partial charge < -0.3 is 4.98 Å². The fraction of sp³-hybridized carbons (Fsp3) is 0.105. The third-order valence-corrected chi connectivity index (χ3v) is 4.94. The van der Waals surface area contributed by atoms with Crippen LogP contribution in [0.1, 0.15) is 11.5 Å². The Morgan fingerprint density at radius 3 is 2.71 bits per heavy atom. The van der Waals surface area contributed by atoms with E-state index in [0.29, 0.717) is 17.8 Å². The highest BCUT2D eigenvalue weighted by molar-refractivity contribution is 7.17. The van der Waals surface area contributed by atoms with Gasteiger partial charge in [-0.1, -0.05) is 36.4 Å². The van der Waals surface area contributed by atoms with Crippen molar-refractivity contribution in [2.45, 2.75) is 13.5 Å². The Bertz CT molecular complexity index is 1070. The van der Waals surface area contributed by atoms with Gasteiger partial charge >= 0.3 is 0 Å². The summed E-state index contributed by atoms with van der Waals surface area (Å²) in [6.45, 7) is 2.59. The van der Waals surface area contributed by atoms with Crippen molar-refractivity contribution in [3.05, 3.63) is 82.0 Å². The van der Waals surface area contributed by atoms with E-state index in [1.54, 1.807) is 0 Å². The summed E-state index contributed by atoms with van der Waals surface area (Å²) in [6.07, 6.45) is 1.99. The predicted octanol–water partition coefficient (Wildman–Crippen LogP) is 3.30. The first-order chi connectivity index (χ1) is 11.7. The summed E-state index contributed by atoms with van der Waals surface area (Å²) in [6, 6.07) is 16.0. The second-order valence-electron chi connectivity index (χ2n) is 5.68. The maximum atomic E-state index is 12.6. The van der Waals surface area contributed by atoms with Crippen LogP contribution in [0.15, 0.2) is 64.9 Å². The Kier molecular flexibility index (Phi) is 3.70. The number of hydrogen-bond donors (Lipinski definition) is 1. The molecule has 5 heteroatoms. The van der Waals surface area contributed by atoms with E-state index in [1.807, 2.05) is 67.0 Å². The van der Waals surface area contributed by atoms with Gasteiger partial charge in [0.25, 0.3) is 5.56 Å². The summed E-state index contributed by atoms with van der Waals surface area (Å²) in [4.78, 5) is 21.0. The minimum absolute atomic E-state index is 0.0794. The largest absolute Gasteiger partial charge is 0.305 e. The molecule has 4 rings (SSSR count). The van der Waals surface area contributed by atoms with Crippen LogP contribution in [0.2, 0.25) is 0 Å². The monoisotopic (exact) mass is 334 g/mol. The molecule has 1 N–H and O–H groups in total. The average molecular weight is 334 g/mol. The summed E-state index contributed by atoms with van der Waals surface area (Å²) in [5, 5.41) is 2.68. The van der Waals surface area contributed by atoms with Crippen molar-refractivity contribution in [2.75, 3.05) is 0 Å². The minimum Gasteiger partial charge on any atom is -0.305 e. The number of thiophene rings is 1. The number of nitrogens with one attached hydrogen (secondary N) is 1. The Morgan fingerprint density at radius 2 is 1.92 bits per heavy atom. The van der Waals surface area contributed by atoms with Crippen LogP contribution >= 0.6 is 11.3 Å². The van der Waals surface area contributed by atoms with Gasteiger partial charge in [-0.2, -0.15) is 4.57 Å². The van der Waals surface area contributed by atoms with Gasteiger partial charge in [0.05, 0.1) is 5.39 Å². The van der Waals surface area contributed by atoms with Gasteiger partial charge in [-0.15, -0.1) is 11.3 Å². The number of rotatable bonds is 3. The first-order valence-corrected chi connectivity index (χ1v) is 8.61. The molecular weight excluding hydrogens is 318 g/mol. The summed E-state index contributed by atoms with van der Waals surface area (Å²) >= 11 is 1.51. The molecule has 4 nitrogen and oxygen atoms in total. The topological polar surface area (TPSA) is 49.6 Å². The standard InChI is InChI=1S/C19H15N3OS/c1-13-7-5-6-10-22(13)11-16-20-18(23)17-15(12-24-19(17)21-16)14-8-3-2-4-9-14/h2-10,12H,11H2,1H3/p+1. The molecule has 3 heterocycles. The molecule has 4 aromatic rings. The normalized spacial score (nSPS) is 11.0. The van der Waals surface area contributed by atoms with Crippen LogP contribution in [0, 0.1) is 6.92 Å². The van der Waals surface area contributed by atoms with E-state index >= 15 is 0 Å². The predicted molar refractivity (Wildman–Crippen MR) is 96.2 cm³/mol.